The minimum atomic E-state index is -0.629. The van der Waals surface area contributed by atoms with E-state index in [1.807, 2.05) is 0 Å². The van der Waals surface area contributed by atoms with Crippen molar-refractivity contribution in [1.29, 1.82) is 5.26 Å². The van der Waals surface area contributed by atoms with Crippen LogP contribution in [0.5, 0.6) is 0 Å². The Hall–Kier alpha value is -2.97. The third-order valence-corrected chi connectivity index (χ3v) is 3.11. The molecule has 2 aromatic heterocycles. The molecule has 0 spiro atoms. The molecular formula is C12H7N5O2S. The quantitative estimate of drug-likeness (QED) is 0.403. The number of Topliss-reactive ketones (excluding diaryl/α,β-unsaturated/α-hetero) is 1. The maximum absolute atomic E-state index is 11.9. The van der Waals surface area contributed by atoms with Crippen LogP contribution in [0.1, 0.15) is 16.2 Å². The molecule has 0 saturated heterocycles. The van der Waals surface area contributed by atoms with Crippen LogP contribution in [0.25, 0.3) is 4.85 Å². The van der Waals surface area contributed by atoms with Gasteiger partial charge in [0, 0.05) is 0 Å². The zero-order valence-corrected chi connectivity index (χ0v) is 11.1. The summed E-state index contributed by atoms with van der Waals surface area (Å²) in [6, 6.07) is 4.67. The predicted octanol–water partition coefficient (Wildman–Crippen LogP) is 2.77. The van der Waals surface area contributed by atoms with E-state index in [1.165, 1.54) is 12.3 Å². The number of carbonyl (C=O) groups excluding carboxylic acids is 1. The monoisotopic (exact) mass is 285 g/mol. The molecule has 20 heavy (non-hydrogen) atoms. The van der Waals surface area contributed by atoms with Gasteiger partial charge in [-0.3, -0.25) is 10.2 Å². The Bertz CT molecular complexity index is 746. The van der Waals surface area contributed by atoms with E-state index in [9.17, 15) is 4.79 Å². The number of aryl methyl sites for hydroxylation is 1. The van der Waals surface area contributed by atoms with Crippen molar-refractivity contribution in [2.75, 3.05) is 5.43 Å². The predicted molar refractivity (Wildman–Crippen MR) is 72.8 cm³/mol. The van der Waals surface area contributed by atoms with Crippen molar-refractivity contribution in [3.63, 3.8) is 0 Å². The third kappa shape index (κ3) is 2.55. The van der Waals surface area contributed by atoms with E-state index < -0.39 is 5.78 Å². The lowest BCUT2D eigenvalue weighted by atomic mass is 10.2. The number of carbonyl (C=O) groups is 1. The van der Waals surface area contributed by atoms with Crippen molar-refractivity contribution in [2.45, 2.75) is 6.92 Å². The molecule has 0 amide bonds. The Labute approximate surface area is 118 Å². The number of hydrogen-bond acceptors (Lipinski definition) is 7. The van der Waals surface area contributed by atoms with Crippen molar-refractivity contribution in [1.82, 2.24) is 4.37 Å². The molecule has 0 aliphatic carbocycles. The van der Waals surface area contributed by atoms with Gasteiger partial charge in [0.25, 0.3) is 5.78 Å². The van der Waals surface area contributed by atoms with E-state index in [1.54, 1.807) is 19.1 Å². The number of rotatable bonds is 4. The fraction of sp³-hybridized carbons (Fsp3) is 0.0833. The molecule has 2 heterocycles. The van der Waals surface area contributed by atoms with Crippen LogP contribution in [0, 0.1) is 24.8 Å². The average molecular weight is 285 g/mol. The highest BCUT2D eigenvalue weighted by atomic mass is 32.1. The van der Waals surface area contributed by atoms with Crippen LogP contribution < -0.4 is 5.43 Å². The molecular weight excluding hydrogens is 278 g/mol. The van der Waals surface area contributed by atoms with Gasteiger partial charge in [0.1, 0.15) is 11.1 Å². The molecule has 2 rings (SSSR count). The van der Waals surface area contributed by atoms with Gasteiger partial charge in [-0.15, -0.1) is 0 Å². The number of hydrazone groups is 1. The second kappa shape index (κ2) is 5.78. The van der Waals surface area contributed by atoms with Gasteiger partial charge < -0.3 is 4.42 Å². The van der Waals surface area contributed by atoms with Gasteiger partial charge >= 0.3 is 0 Å². The fourth-order valence-electron chi connectivity index (χ4n) is 1.33. The third-order valence-electron chi connectivity index (χ3n) is 2.28. The molecule has 0 unspecified atom stereocenters. The smallest absolute Gasteiger partial charge is 0.259 e. The van der Waals surface area contributed by atoms with Crippen molar-refractivity contribution >= 4 is 33.7 Å². The van der Waals surface area contributed by atoms with E-state index in [0.717, 1.165) is 11.5 Å². The number of nitrogens with one attached hydrogen (secondary N) is 1. The van der Waals surface area contributed by atoms with Gasteiger partial charge in [0.15, 0.2) is 5.76 Å². The summed E-state index contributed by atoms with van der Waals surface area (Å²) in [6.07, 6.45) is 1.33. The number of nitriles is 1. The molecule has 7 nitrogen and oxygen atoms in total. The maximum atomic E-state index is 11.9. The molecule has 0 fully saturated rings. The lowest BCUT2D eigenvalue weighted by Crippen LogP contribution is -2.13. The number of nitrogens with zero attached hydrogens (tertiary/aromatic N) is 4. The molecule has 1 N–H and O–H groups in total. The van der Waals surface area contributed by atoms with Gasteiger partial charge in [-0.25, -0.2) is 9.22 Å². The van der Waals surface area contributed by atoms with Gasteiger partial charge in [0.2, 0.25) is 11.4 Å². The molecule has 0 aliphatic rings. The normalized spacial score (nSPS) is 10.7. The first-order valence-corrected chi connectivity index (χ1v) is 6.10. The van der Waals surface area contributed by atoms with Crippen LogP contribution >= 0.6 is 11.5 Å². The summed E-state index contributed by atoms with van der Waals surface area (Å²) in [5, 5.41) is 13.0. The van der Waals surface area contributed by atoms with Gasteiger partial charge in [-0.1, -0.05) is 0 Å². The fourth-order valence-corrected chi connectivity index (χ4v) is 2.01. The van der Waals surface area contributed by atoms with Crippen LogP contribution in [0.2, 0.25) is 0 Å². The molecule has 0 atom stereocenters. The zero-order chi connectivity index (χ0) is 14.5. The first-order chi connectivity index (χ1) is 9.67. The number of aromatic nitrogens is 1. The molecule has 0 saturated carbocycles. The summed E-state index contributed by atoms with van der Waals surface area (Å²) < 4.78 is 8.91. The molecule has 8 heteroatoms. The zero-order valence-electron chi connectivity index (χ0n) is 10.2. The summed E-state index contributed by atoms with van der Waals surface area (Å²) in [6.45, 7) is 8.72. The number of hydrogen-bond donors (Lipinski definition) is 1. The number of ketones is 1. The Morgan fingerprint density at radius 1 is 1.70 bits per heavy atom. The van der Waals surface area contributed by atoms with Crippen molar-refractivity contribution in [2.24, 2.45) is 5.10 Å². The Kier molecular flexibility index (Phi) is 3.89. The van der Waals surface area contributed by atoms with E-state index in [-0.39, 0.29) is 11.5 Å². The van der Waals surface area contributed by atoms with E-state index in [4.69, 9.17) is 16.3 Å². The van der Waals surface area contributed by atoms with Gasteiger partial charge in [-0.2, -0.15) is 10.4 Å². The summed E-state index contributed by atoms with van der Waals surface area (Å²) >= 11 is 1.04. The molecule has 0 bridgehead atoms. The van der Waals surface area contributed by atoms with Crippen LogP contribution in [0.15, 0.2) is 27.9 Å². The van der Waals surface area contributed by atoms with Crippen molar-refractivity contribution in [3.05, 3.63) is 41.3 Å². The van der Waals surface area contributed by atoms with Crippen molar-refractivity contribution < 1.29 is 9.21 Å². The van der Waals surface area contributed by atoms with Crippen LogP contribution in [0.3, 0.4) is 0 Å². The molecule has 2 aromatic rings. The molecule has 0 aliphatic heterocycles. The first kappa shape index (κ1) is 13.5. The SMILES string of the molecule is [C-]#[N+]c1c(C)nsc1N/N=C(\C#N)C(=O)c1ccco1. The Morgan fingerprint density at radius 3 is 3.10 bits per heavy atom. The number of anilines is 1. The van der Waals surface area contributed by atoms with E-state index >= 15 is 0 Å². The van der Waals surface area contributed by atoms with Gasteiger partial charge in [-0.05, 0) is 30.6 Å². The summed E-state index contributed by atoms with van der Waals surface area (Å²) in [7, 11) is 0. The topological polar surface area (TPSA) is 95.6 Å². The Morgan fingerprint density at radius 2 is 2.50 bits per heavy atom. The van der Waals surface area contributed by atoms with Gasteiger partial charge in [0.05, 0.1) is 18.5 Å². The largest absolute Gasteiger partial charge is 0.461 e. The molecule has 0 radical (unpaired) electrons. The Balaban J connectivity index is 2.23. The second-order valence-electron chi connectivity index (χ2n) is 3.55. The maximum Gasteiger partial charge on any atom is 0.259 e. The first-order valence-electron chi connectivity index (χ1n) is 5.33. The van der Waals surface area contributed by atoms with Crippen LogP contribution in [-0.4, -0.2) is 15.9 Å². The molecule has 0 aromatic carbocycles. The highest BCUT2D eigenvalue weighted by molar-refractivity contribution is 7.11. The lowest BCUT2D eigenvalue weighted by Gasteiger charge is -1.97. The number of furan rings is 1. The van der Waals surface area contributed by atoms with E-state index in [2.05, 4.69) is 19.7 Å². The highest BCUT2D eigenvalue weighted by Gasteiger charge is 2.17. The summed E-state index contributed by atoms with van der Waals surface area (Å²) in [5.41, 5.74) is 3.05. The second-order valence-corrected chi connectivity index (χ2v) is 4.32. The van der Waals surface area contributed by atoms with Crippen LogP contribution in [-0.2, 0) is 0 Å². The standard InChI is InChI=1S/C12H7N5O2S/c1-7-10(14-2)12(20-17-7)16-15-8(6-13)11(18)9-4-3-5-19-9/h3-5,16H,1H3/b15-8+. The minimum absolute atomic E-state index is 0.0259. The highest BCUT2D eigenvalue weighted by Crippen LogP contribution is 2.32. The molecule has 98 valence electrons. The lowest BCUT2D eigenvalue weighted by molar-refractivity contribution is 0.104. The minimum Gasteiger partial charge on any atom is -0.461 e. The van der Waals surface area contributed by atoms with Crippen molar-refractivity contribution in [3.8, 4) is 6.07 Å². The summed E-state index contributed by atoms with van der Waals surface area (Å²) in [4.78, 5) is 15.2. The average Bonchev–Trinajstić information content (AvgIpc) is 3.09. The summed E-state index contributed by atoms with van der Waals surface area (Å²) in [5.74, 6) is -0.603. The van der Waals surface area contributed by atoms with Crippen LogP contribution in [0.4, 0.5) is 10.7 Å². The van der Waals surface area contributed by atoms with E-state index in [0.29, 0.717) is 16.4 Å².